The highest BCUT2D eigenvalue weighted by Crippen LogP contribution is 2.30. The number of nitrogens with zero attached hydrogens (tertiary/aromatic N) is 2. The lowest BCUT2D eigenvalue weighted by Crippen LogP contribution is -2.20. The van der Waals surface area contributed by atoms with Crippen molar-refractivity contribution in [2.45, 2.75) is 12.1 Å². The predicted molar refractivity (Wildman–Crippen MR) is 123 cm³/mol. The molecule has 1 aromatic heterocycles. The number of H-pyrrole nitrogens is 1. The van der Waals surface area contributed by atoms with Crippen molar-refractivity contribution in [3.63, 3.8) is 0 Å². The van der Waals surface area contributed by atoms with Gasteiger partial charge in [0.2, 0.25) is 0 Å². The van der Waals surface area contributed by atoms with E-state index in [4.69, 9.17) is 9.47 Å². The molecule has 3 rings (SSSR count). The van der Waals surface area contributed by atoms with Crippen LogP contribution in [-0.4, -0.2) is 41.3 Å². The van der Waals surface area contributed by atoms with Crippen LogP contribution in [0, 0.1) is 11.3 Å². The number of thioether (sulfide) groups is 1. The monoisotopic (exact) mass is 464 g/mol. The highest BCUT2D eigenvalue weighted by Gasteiger charge is 2.17. The van der Waals surface area contributed by atoms with Gasteiger partial charge in [0.05, 0.1) is 12.2 Å². The average molecular weight is 465 g/mol. The van der Waals surface area contributed by atoms with Crippen molar-refractivity contribution >= 4 is 29.3 Å². The van der Waals surface area contributed by atoms with Gasteiger partial charge in [-0.25, -0.2) is 9.78 Å². The van der Waals surface area contributed by atoms with Gasteiger partial charge >= 0.3 is 5.97 Å². The number of ether oxygens (including phenoxy) is 2. The Balaban J connectivity index is 1.75. The van der Waals surface area contributed by atoms with E-state index in [1.54, 1.807) is 61.7 Å². The summed E-state index contributed by atoms with van der Waals surface area (Å²) in [6.45, 7) is 1.67. The summed E-state index contributed by atoms with van der Waals surface area (Å²) in [4.78, 5) is 43.2. The quantitative estimate of drug-likeness (QED) is 0.295. The second-order valence-electron chi connectivity index (χ2n) is 6.54. The van der Waals surface area contributed by atoms with E-state index in [2.05, 4.69) is 15.3 Å². The Morgan fingerprint density at radius 3 is 2.58 bits per heavy atom. The van der Waals surface area contributed by atoms with Gasteiger partial charge in [0, 0.05) is 11.3 Å². The molecule has 2 N–H and O–H groups in total. The largest absolute Gasteiger partial charge is 0.483 e. The molecule has 0 fully saturated rings. The number of carbonyl (C=O) groups is 2. The molecular formula is C23H20N4O5S. The minimum Gasteiger partial charge on any atom is -0.483 e. The zero-order chi connectivity index (χ0) is 23.8. The molecule has 0 aliphatic carbocycles. The number of carbonyl (C=O) groups excluding carboxylic acids is 2. The van der Waals surface area contributed by atoms with Gasteiger partial charge in [0.25, 0.3) is 11.5 Å². The van der Waals surface area contributed by atoms with Gasteiger partial charge < -0.3 is 19.8 Å². The molecule has 0 unspecified atom stereocenters. The Morgan fingerprint density at radius 2 is 1.91 bits per heavy atom. The first kappa shape index (κ1) is 23.6. The second-order valence-corrected chi connectivity index (χ2v) is 7.34. The van der Waals surface area contributed by atoms with Crippen molar-refractivity contribution in [2.75, 3.05) is 24.8 Å². The molecule has 0 aliphatic rings. The number of rotatable bonds is 8. The number of hydrogen-bond donors (Lipinski definition) is 2. The first-order valence-corrected chi connectivity index (χ1v) is 11.1. The zero-order valence-electron chi connectivity index (χ0n) is 17.9. The molecule has 0 radical (unpaired) electrons. The van der Waals surface area contributed by atoms with Gasteiger partial charge in [0.1, 0.15) is 23.1 Å². The van der Waals surface area contributed by atoms with Crippen LogP contribution in [0.3, 0.4) is 0 Å². The van der Waals surface area contributed by atoms with E-state index in [0.29, 0.717) is 27.7 Å². The number of amides is 1. The number of benzene rings is 2. The van der Waals surface area contributed by atoms with Gasteiger partial charge in [0.15, 0.2) is 11.8 Å². The average Bonchev–Trinajstić information content (AvgIpc) is 2.83. The maximum absolute atomic E-state index is 12.4. The Bertz CT molecular complexity index is 1270. The Hall–Kier alpha value is -4.10. The van der Waals surface area contributed by atoms with Crippen LogP contribution in [-0.2, 0) is 9.53 Å². The molecule has 9 nitrogen and oxygen atoms in total. The number of nitrogens with one attached hydrogen (secondary N) is 2. The molecule has 10 heteroatoms. The molecule has 3 aromatic rings. The van der Waals surface area contributed by atoms with Crippen molar-refractivity contribution in [1.82, 2.24) is 9.97 Å². The number of nitriles is 1. The van der Waals surface area contributed by atoms with Crippen LogP contribution >= 0.6 is 11.8 Å². The molecule has 0 spiro atoms. The van der Waals surface area contributed by atoms with Crippen LogP contribution < -0.4 is 15.6 Å². The third-order valence-corrected chi connectivity index (χ3v) is 4.96. The standard InChI is InChI=1S/C23H20N4O5S/c1-3-31-22(30)14-8-10-15(11-9-14)25-19(28)13-32-18-7-5-4-6-16(18)20-17(12-24)21(29)27-23(26-20)33-2/h4-11H,3,13H2,1-2H3,(H,25,28)(H,26,27,29). The highest BCUT2D eigenvalue weighted by atomic mass is 32.2. The number of esters is 1. The molecule has 0 aliphatic heterocycles. The van der Waals surface area contributed by atoms with Gasteiger partial charge in [-0.1, -0.05) is 23.9 Å². The first-order chi connectivity index (χ1) is 16.0. The molecule has 0 atom stereocenters. The Labute approximate surface area is 193 Å². The van der Waals surface area contributed by atoms with Crippen LogP contribution in [0.5, 0.6) is 5.75 Å². The van der Waals surface area contributed by atoms with E-state index in [0.717, 1.165) is 0 Å². The number of anilines is 1. The number of para-hydroxylation sites is 1. The third kappa shape index (κ3) is 5.78. The second kappa shape index (κ2) is 11.0. The van der Waals surface area contributed by atoms with Crippen molar-refractivity contribution in [3.05, 3.63) is 70.0 Å². The Morgan fingerprint density at radius 1 is 1.18 bits per heavy atom. The highest BCUT2D eigenvalue weighted by molar-refractivity contribution is 7.98. The van der Waals surface area contributed by atoms with Crippen LogP contribution in [0.25, 0.3) is 11.3 Å². The van der Waals surface area contributed by atoms with Gasteiger partial charge in [-0.2, -0.15) is 5.26 Å². The maximum Gasteiger partial charge on any atom is 0.338 e. The van der Waals surface area contributed by atoms with E-state index in [1.165, 1.54) is 11.8 Å². The van der Waals surface area contributed by atoms with Crippen LogP contribution in [0.4, 0.5) is 5.69 Å². The molecule has 1 heterocycles. The summed E-state index contributed by atoms with van der Waals surface area (Å²) in [5.74, 6) is -0.574. The SMILES string of the molecule is CCOC(=O)c1ccc(NC(=O)COc2ccccc2-c2nc(SC)[nH]c(=O)c2C#N)cc1. The summed E-state index contributed by atoms with van der Waals surface area (Å²) in [5, 5.41) is 12.5. The fourth-order valence-corrected chi connectivity index (χ4v) is 3.26. The number of aromatic amines is 1. The summed E-state index contributed by atoms with van der Waals surface area (Å²) in [7, 11) is 0. The molecule has 0 saturated heterocycles. The van der Waals surface area contributed by atoms with Gasteiger partial charge in [-0.15, -0.1) is 0 Å². The minimum absolute atomic E-state index is 0.144. The fourth-order valence-electron chi connectivity index (χ4n) is 2.88. The summed E-state index contributed by atoms with van der Waals surface area (Å²) in [5.41, 5.74) is 0.764. The topological polar surface area (TPSA) is 134 Å². The lowest BCUT2D eigenvalue weighted by molar-refractivity contribution is -0.118. The van der Waals surface area contributed by atoms with Crippen molar-refractivity contribution < 1.29 is 19.1 Å². The van der Waals surface area contributed by atoms with Crippen molar-refractivity contribution in [3.8, 4) is 23.1 Å². The minimum atomic E-state index is -0.550. The molecule has 0 bridgehead atoms. The molecule has 168 valence electrons. The van der Waals surface area contributed by atoms with Gasteiger partial charge in [-0.3, -0.25) is 9.59 Å². The van der Waals surface area contributed by atoms with Crippen LogP contribution in [0.15, 0.2) is 58.5 Å². The lowest BCUT2D eigenvalue weighted by atomic mass is 10.1. The predicted octanol–water partition coefficient (Wildman–Crippen LogP) is 3.22. The molecular weight excluding hydrogens is 444 g/mol. The van der Waals surface area contributed by atoms with Gasteiger partial charge in [-0.05, 0) is 49.6 Å². The van der Waals surface area contributed by atoms with E-state index in [9.17, 15) is 19.6 Å². The molecule has 33 heavy (non-hydrogen) atoms. The van der Waals surface area contributed by atoms with E-state index < -0.39 is 17.4 Å². The zero-order valence-corrected chi connectivity index (χ0v) is 18.7. The smallest absolute Gasteiger partial charge is 0.338 e. The maximum atomic E-state index is 12.4. The van der Waals surface area contributed by atoms with Crippen molar-refractivity contribution in [1.29, 1.82) is 5.26 Å². The van der Waals surface area contributed by atoms with Crippen LogP contribution in [0.2, 0.25) is 0 Å². The van der Waals surface area contributed by atoms with E-state index >= 15 is 0 Å². The van der Waals surface area contributed by atoms with E-state index in [1.807, 2.05) is 6.07 Å². The molecule has 0 saturated carbocycles. The Kier molecular flexibility index (Phi) is 7.83. The summed E-state index contributed by atoms with van der Waals surface area (Å²) in [6, 6.07) is 14.9. The summed E-state index contributed by atoms with van der Waals surface area (Å²) < 4.78 is 10.6. The molecule has 1 amide bonds. The first-order valence-electron chi connectivity index (χ1n) is 9.84. The summed E-state index contributed by atoms with van der Waals surface area (Å²) in [6.07, 6.45) is 1.75. The van der Waals surface area contributed by atoms with E-state index in [-0.39, 0.29) is 24.5 Å². The number of hydrogen-bond acceptors (Lipinski definition) is 8. The summed E-state index contributed by atoms with van der Waals surface area (Å²) >= 11 is 1.23. The normalized spacial score (nSPS) is 10.2. The number of aromatic nitrogens is 2. The lowest BCUT2D eigenvalue weighted by Gasteiger charge is -2.12. The molecule has 2 aromatic carbocycles. The van der Waals surface area contributed by atoms with Crippen LogP contribution in [0.1, 0.15) is 22.8 Å². The fraction of sp³-hybridized carbons (Fsp3) is 0.174. The third-order valence-electron chi connectivity index (χ3n) is 4.38. The van der Waals surface area contributed by atoms with Crippen molar-refractivity contribution in [2.24, 2.45) is 0 Å².